The van der Waals surface area contributed by atoms with Crippen molar-refractivity contribution in [1.29, 1.82) is 0 Å². The minimum absolute atomic E-state index is 0.110. The summed E-state index contributed by atoms with van der Waals surface area (Å²) >= 11 is 0. The molecule has 2 aliphatic heterocycles. The Morgan fingerprint density at radius 1 is 1.38 bits per heavy atom. The van der Waals surface area contributed by atoms with E-state index in [9.17, 15) is 4.79 Å². The fourth-order valence-electron chi connectivity index (χ4n) is 2.91. The Kier molecular flexibility index (Phi) is 4.60. The molecule has 2 aliphatic rings. The molecule has 1 aromatic rings. The molecular weight excluding hydrogens is 266 g/mol. The van der Waals surface area contributed by atoms with Crippen LogP contribution in [0, 0.1) is 0 Å². The number of carbonyl (C=O) groups is 1. The van der Waals surface area contributed by atoms with Gasteiger partial charge in [-0.05, 0) is 42.9 Å². The molecule has 2 heterocycles. The van der Waals surface area contributed by atoms with Gasteiger partial charge >= 0.3 is 6.03 Å². The molecule has 3 rings (SSSR count). The Labute approximate surface area is 125 Å². The van der Waals surface area contributed by atoms with Gasteiger partial charge in [0.15, 0.2) is 0 Å². The second-order valence-electron chi connectivity index (χ2n) is 5.76. The summed E-state index contributed by atoms with van der Waals surface area (Å²) in [7, 11) is 0. The number of aryl methyl sites for hydroxylation is 1. The smallest absolute Gasteiger partial charge is 0.315 e. The van der Waals surface area contributed by atoms with Crippen molar-refractivity contribution in [3.05, 3.63) is 29.3 Å². The van der Waals surface area contributed by atoms with Gasteiger partial charge in [0.25, 0.3) is 0 Å². The molecular formula is C16H23N3O2. The standard InChI is InChI=1S/C16H23N3O2/c20-16(19-14-4-2-8-21-11-14)18-10-12-5-6-15-13(9-12)3-1-7-17-15/h5-6,9,14,17H,1-4,7-8,10-11H2,(H2,18,19,20)/t14-/m0/s1. The summed E-state index contributed by atoms with van der Waals surface area (Å²) in [6.07, 6.45) is 4.30. The van der Waals surface area contributed by atoms with Crippen molar-refractivity contribution in [2.45, 2.75) is 38.3 Å². The van der Waals surface area contributed by atoms with Gasteiger partial charge in [0.1, 0.15) is 0 Å². The first-order valence-electron chi connectivity index (χ1n) is 7.79. The predicted octanol–water partition coefficient (Wildman–Crippen LogP) is 2.02. The number of hydrogen-bond acceptors (Lipinski definition) is 3. The van der Waals surface area contributed by atoms with E-state index in [-0.39, 0.29) is 12.1 Å². The number of urea groups is 1. The highest BCUT2D eigenvalue weighted by atomic mass is 16.5. The van der Waals surface area contributed by atoms with E-state index in [1.165, 1.54) is 17.7 Å². The maximum atomic E-state index is 11.9. The summed E-state index contributed by atoms with van der Waals surface area (Å²) in [6.45, 7) is 3.05. The summed E-state index contributed by atoms with van der Waals surface area (Å²) in [5.74, 6) is 0. The van der Waals surface area contributed by atoms with E-state index in [4.69, 9.17) is 4.74 Å². The van der Waals surface area contributed by atoms with Gasteiger partial charge in [0.05, 0.1) is 12.6 Å². The van der Waals surface area contributed by atoms with E-state index in [1.807, 2.05) is 0 Å². The Morgan fingerprint density at radius 2 is 2.33 bits per heavy atom. The van der Waals surface area contributed by atoms with Crippen LogP contribution in [0.4, 0.5) is 10.5 Å². The summed E-state index contributed by atoms with van der Waals surface area (Å²) in [5, 5.41) is 9.29. The van der Waals surface area contributed by atoms with Gasteiger partial charge in [-0.25, -0.2) is 4.79 Å². The van der Waals surface area contributed by atoms with Gasteiger partial charge in [-0.2, -0.15) is 0 Å². The van der Waals surface area contributed by atoms with E-state index < -0.39 is 0 Å². The second kappa shape index (κ2) is 6.80. The molecule has 0 bridgehead atoms. The molecule has 0 aliphatic carbocycles. The van der Waals surface area contributed by atoms with Crippen LogP contribution in [-0.2, 0) is 17.7 Å². The van der Waals surface area contributed by atoms with Crippen LogP contribution in [-0.4, -0.2) is 31.8 Å². The van der Waals surface area contributed by atoms with Crippen LogP contribution in [0.1, 0.15) is 30.4 Å². The van der Waals surface area contributed by atoms with E-state index in [1.54, 1.807) is 0 Å². The first-order valence-corrected chi connectivity index (χ1v) is 7.79. The molecule has 5 heteroatoms. The number of ether oxygens (including phenoxy) is 1. The van der Waals surface area contributed by atoms with Gasteiger partial charge in [0, 0.05) is 25.4 Å². The molecule has 1 aromatic carbocycles. The molecule has 1 atom stereocenters. The number of fused-ring (bicyclic) bond motifs is 1. The van der Waals surface area contributed by atoms with Crippen molar-refractivity contribution < 1.29 is 9.53 Å². The van der Waals surface area contributed by atoms with Crippen molar-refractivity contribution in [2.24, 2.45) is 0 Å². The quantitative estimate of drug-likeness (QED) is 0.798. The highest BCUT2D eigenvalue weighted by Crippen LogP contribution is 2.22. The first kappa shape index (κ1) is 14.2. The Hall–Kier alpha value is -1.75. The molecule has 0 aromatic heterocycles. The third-order valence-corrected chi connectivity index (χ3v) is 4.06. The van der Waals surface area contributed by atoms with Crippen LogP contribution in [0.2, 0.25) is 0 Å². The third kappa shape index (κ3) is 3.88. The van der Waals surface area contributed by atoms with E-state index in [0.717, 1.165) is 38.0 Å². The van der Waals surface area contributed by atoms with E-state index in [2.05, 4.69) is 34.1 Å². The van der Waals surface area contributed by atoms with Crippen LogP contribution in [0.15, 0.2) is 18.2 Å². The molecule has 1 saturated heterocycles. The van der Waals surface area contributed by atoms with Crippen molar-refractivity contribution in [3.8, 4) is 0 Å². The largest absolute Gasteiger partial charge is 0.385 e. The van der Waals surface area contributed by atoms with E-state index in [0.29, 0.717) is 13.2 Å². The lowest BCUT2D eigenvalue weighted by Crippen LogP contribution is -2.45. The minimum atomic E-state index is -0.110. The average molecular weight is 289 g/mol. The predicted molar refractivity (Wildman–Crippen MR) is 82.5 cm³/mol. The van der Waals surface area contributed by atoms with Gasteiger partial charge in [-0.3, -0.25) is 0 Å². The summed E-state index contributed by atoms with van der Waals surface area (Å²) in [6, 6.07) is 6.40. The molecule has 0 saturated carbocycles. The molecule has 5 nitrogen and oxygen atoms in total. The number of benzene rings is 1. The number of rotatable bonds is 3. The lowest BCUT2D eigenvalue weighted by atomic mass is 10.0. The highest BCUT2D eigenvalue weighted by molar-refractivity contribution is 5.74. The zero-order valence-electron chi connectivity index (χ0n) is 12.3. The van der Waals surface area contributed by atoms with Crippen LogP contribution in [0.3, 0.4) is 0 Å². The van der Waals surface area contributed by atoms with Crippen LogP contribution < -0.4 is 16.0 Å². The van der Waals surface area contributed by atoms with Crippen LogP contribution >= 0.6 is 0 Å². The fourth-order valence-corrected chi connectivity index (χ4v) is 2.91. The summed E-state index contributed by atoms with van der Waals surface area (Å²) < 4.78 is 5.36. The maximum Gasteiger partial charge on any atom is 0.315 e. The Bertz CT molecular complexity index is 498. The molecule has 3 N–H and O–H groups in total. The zero-order chi connectivity index (χ0) is 14.5. The maximum absolute atomic E-state index is 11.9. The number of hydrogen-bond donors (Lipinski definition) is 3. The van der Waals surface area contributed by atoms with Crippen molar-refractivity contribution in [3.63, 3.8) is 0 Å². The van der Waals surface area contributed by atoms with Gasteiger partial charge < -0.3 is 20.7 Å². The van der Waals surface area contributed by atoms with Gasteiger partial charge in [0.2, 0.25) is 0 Å². The number of amides is 2. The number of anilines is 1. The summed E-state index contributed by atoms with van der Waals surface area (Å²) in [5.41, 5.74) is 3.72. The molecule has 0 spiro atoms. The lowest BCUT2D eigenvalue weighted by Gasteiger charge is -2.23. The normalized spacial score (nSPS) is 21.0. The van der Waals surface area contributed by atoms with Gasteiger partial charge in [-0.1, -0.05) is 12.1 Å². The van der Waals surface area contributed by atoms with Crippen LogP contribution in [0.25, 0.3) is 0 Å². The second-order valence-corrected chi connectivity index (χ2v) is 5.76. The third-order valence-electron chi connectivity index (χ3n) is 4.06. The minimum Gasteiger partial charge on any atom is -0.385 e. The van der Waals surface area contributed by atoms with E-state index >= 15 is 0 Å². The number of carbonyl (C=O) groups excluding carboxylic acids is 1. The van der Waals surface area contributed by atoms with Gasteiger partial charge in [-0.15, -0.1) is 0 Å². The monoisotopic (exact) mass is 289 g/mol. The average Bonchev–Trinajstić information content (AvgIpc) is 2.54. The number of nitrogens with one attached hydrogen (secondary N) is 3. The van der Waals surface area contributed by atoms with Crippen molar-refractivity contribution >= 4 is 11.7 Å². The Balaban J connectivity index is 1.49. The Morgan fingerprint density at radius 3 is 3.19 bits per heavy atom. The lowest BCUT2D eigenvalue weighted by molar-refractivity contribution is 0.0732. The molecule has 1 fully saturated rings. The molecule has 0 radical (unpaired) electrons. The molecule has 114 valence electrons. The highest BCUT2D eigenvalue weighted by Gasteiger charge is 2.16. The first-order chi connectivity index (χ1) is 10.3. The SMILES string of the molecule is O=C(NCc1ccc2c(c1)CCCN2)N[C@H]1CCCOC1. The van der Waals surface area contributed by atoms with Crippen molar-refractivity contribution in [1.82, 2.24) is 10.6 Å². The zero-order valence-corrected chi connectivity index (χ0v) is 12.3. The molecule has 2 amide bonds. The molecule has 21 heavy (non-hydrogen) atoms. The summed E-state index contributed by atoms with van der Waals surface area (Å²) in [4.78, 5) is 11.9. The topological polar surface area (TPSA) is 62.4 Å². The van der Waals surface area contributed by atoms with Crippen molar-refractivity contribution in [2.75, 3.05) is 25.1 Å². The van der Waals surface area contributed by atoms with Crippen LogP contribution in [0.5, 0.6) is 0 Å². The molecule has 0 unspecified atom stereocenters. The fraction of sp³-hybridized carbons (Fsp3) is 0.562.